The van der Waals surface area contributed by atoms with Gasteiger partial charge in [-0.25, -0.2) is 15.0 Å². The molecule has 2 aromatic heterocycles. The highest BCUT2D eigenvalue weighted by molar-refractivity contribution is 6.35. The molecule has 0 aliphatic carbocycles. The molecule has 2 saturated heterocycles. The van der Waals surface area contributed by atoms with Gasteiger partial charge in [0.1, 0.15) is 0 Å². The topological polar surface area (TPSA) is 77.9 Å². The zero-order chi connectivity index (χ0) is 26.5. The standard InChI is InChI=1S/C28H34Cl2N6O2/c1-34-7-9-36(10-8-34)28-31-17-25(18-32-28)38-27-13-21(19-35-5-2-20(3-6-35)4-11-37)12-26(33-27)22-14-23(29)16-24(30)15-22/h12-18,20,37H,2-11,19H2,1H3. The summed E-state index contributed by atoms with van der Waals surface area (Å²) < 4.78 is 6.16. The fraction of sp³-hybridized carbons (Fsp3) is 0.464. The monoisotopic (exact) mass is 556 g/mol. The second-order valence-electron chi connectivity index (χ2n) is 10.2. The molecule has 3 aromatic rings. The molecule has 10 heteroatoms. The van der Waals surface area contributed by atoms with Gasteiger partial charge in [0.25, 0.3) is 0 Å². The van der Waals surface area contributed by atoms with Crippen LogP contribution >= 0.6 is 23.2 Å². The van der Waals surface area contributed by atoms with Crippen LogP contribution in [-0.4, -0.2) is 82.8 Å². The quantitative estimate of drug-likeness (QED) is 0.416. The van der Waals surface area contributed by atoms with Gasteiger partial charge in [-0.15, -0.1) is 0 Å². The lowest BCUT2D eigenvalue weighted by atomic mass is 9.93. The number of aromatic nitrogens is 3. The van der Waals surface area contributed by atoms with Crippen LogP contribution in [0.15, 0.2) is 42.7 Å². The lowest BCUT2D eigenvalue weighted by Gasteiger charge is -2.32. The Morgan fingerprint density at radius 3 is 2.26 bits per heavy atom. The van der Waals surface area contributed by atoms with Crippen molar-refractivity contribution >= 4 is 29.2 Å². The van der Waals surface area contributed by atoms with Crippen molar-refractivity contribution in [1.29, 1.82) is 0 Å². The van der Waals surface area contributed by atoms with Gasteiger partial charge in [0.2, 0.25) is 11.8 Å². The highest BCUT2D eigenvalue weighted by Crippen LogP contribution is 2.31. The molecule has 5 rings (SSSR count). The minimum absolute atomic E-state index is 0.265. The number of aliphatic hydroxyl groups excluding tert-OH is 1. The first-order valence-corrected chi connectivity index (χ1v) is 13.9. The molecule has 2 aliphatic rings. The van der Waals surface area contributed by atoms with Gasteiger partial charge < -0.3 is 19.6 Å². The fourth-order valence-corrected chi connectivity index (χ4v) is 5.60. The van der Waals surface area contributed by atoms with Gasteiger partial charge in [0.15, 0.2) is 5.75 Å². The summed E-state index contributed by atoms with van der Waals surface area (Å²) >= 11 is 12.6. The van der Waals surface area contributed by atoms with E-state index < -0.39 is 0 Å². The molecule has 1 aromatic carbocycles. The Labute approximate surface area is 234 Å². The number of piperidine rings is 1. The molecule has 0 atom stereocenters. The third-order valence-electron chi connectivity index (χ3n) is 7.29. The largest absolute Gasteiger partial charge is 0.436 e. The van der Waals surface area contributed by atoms with Crippen molar-refractivity contribution < 1.29 is 9.84 Å². The Bertz CT molecular complexity index is 1190. The number of rotatable bonds is 8. The fourth-order valence-electron chi connectivity index (χ4n) is 5.08. The lowest BCUT2D eigenvalue weighted by molar-refractivity contribution is 0.153. The number of aliphatic hydroxyl groups is 1. The van der Waals surface area contributed by atoms with E-state index in [1.54, 1.807) is 18.5 Å². The van der Waals surface area contributed by atoms with Crippen LogP contribution in [0, 0.1) is 5.92 Å². The van der Waals surface area contributed by atoms with Crippen LogP contribution in [0.2, 0.25) is 10.0 Å². The normalized spacial score (nSPS) is 17.6. The number of pyridine rings is 1. The Balaban J connectivity index is 1.35. The van der Waals surface area contributed by atoms with E-state index in [-0.39, 0.29) is 6.61 Å². The SMILES string of the molecule is CN1CCN(c2ncc(Oc3cc(CN4CCC(CCO)CC4)cc(-c4cc(Cl)cc(Cl)c4)n3)cn2)CC1. The molecule has 4 heterocycles. The first-order chi connectivity index (χ1) is 18.4. The predicted octanol–water partition coefficient (Wildman–Crippen LogP) is 4.98. The van der Waals surface area contributed by atoms with Crippen molar-refractivity contribution in [2.75, 3.05) is 57.8 Å². The summed E-state index contributed by atoms with van der Waals surface area (Å²) in [4.78, 5) is 20.8. The Hall–Kier alpha value is -2.49. The van der Waals surface area contributed by atoms with E-state index in [0.717, 1.165) is 81.9 Å². The van der Waals surface area contributed by atoms with Crippen LogP contribution < -0.4 is 9.64 Å². The van der Waals surface area contributed by atoms with Crippen LogP contribution in [0.25, 0.3) is 11.3 Å². The molecule has 2 fully saturated rings. The van der Waals surface area contributed by atoms with Crippen molar-refractivity contribution in [1.82, 2.24) is 24.8 Å². The highest BCUT2D eigenvalue weighted by atomic mass is 35.5. The number of likely N-dealkylation sites (tertiary alicyclic amines) is 1. The summed E-state index contributed by atoms with van der Waals surface area (Å²) in [5, 5.41) is 10.4. The molecule has 202 valence electrons. The lowest BCUT2D eigenvalue weighted by Crippen LogP contribution is -2.45. The predicted molar refractivity (Wildman–Crippen MR) is 151 cm³/mol. The second-order valence-corrected chi connectivity index (χ2v) is 11.1. The van der Waals surface area contributed by atoms with E-state index in [4.69, 9.17) is 32.9 Å². The van der Waals surface area contributed by atoms with Crippen molar-refractivity contribution in [3.8, 4) is 22.9 Å². The highest BCUT2D eigenvalue weighted by Gasteiger charge is 2.20. The van der Waals surface area contributed by atoms with Gasteiger partial charge in [0, 0.05) is 61.0 Å². The molecule has 0 saturated carbocycles. The number of hydrogen-bond donors (Lipinski definition) is 1. The number of piperazine rings is 1. The summed E-state index contributed by atoms with van der Waals surface area (Å²) in [6.45, 7) is 6.85. The van der Waals surface area contributed by atoms with Gasteiger partial charge in [-0.2, -0.15) is 0 Å². The van der Waals surface area contributed by atoms with Gasteiger partial charge in [-0.3, -0.25) is 4.90 Å². The zero-order valence-electron chi connectivity index (χ0n) is 21.7. The van der Waals surface area contributed by atoms with E-state index in [9.17, 15) is 5.11 Å². The van der Waals surface area contributed by atoms with Crippen molar-refractivity contribution in [3.05, 3.63) is 58.3 Å². The molecule has 2 aliphatic heterocycles. The minimum atomic E-state index is 0.265. The third kappa shape index (κ3) is 7.12. The van der Waals surface area contributed by atoms with Gasteiger partial charge >= 0.3 is 0 Å². The van der Waals surface area contributed by atoms with Crippen LogP contribution in [0.4, 0.5) is 5.95 Å². The first-order valence-electron chi connectivity index (χ1n) is 13.2. The maximum absolute atomic E-state index is 9.27. The maximum atomic E-state index is 9.27. The molecular formula is C28H34Cl2N6O2. The van der Waals surface area contributed by atoms with Crippen molar-refractivity contribution in [2.45, 2.75) is 25.8 Å². The number of likely N-dealkylation sites (N-methyl/N-ethyl adjacent to an activating group) is 1. The van der Waals surface area contributed by atoms with Gasteiger partial charge in [-0.05, 0) is 75.1 Å². The average molecular weight is 558 g/mol. The Kier molecular flexibility index (Phi) is 8.97. The van der Waals surface area contributed by atoms with Crippen molar-refractivity contribution in [2.24, 2.45) is 5.92 Å². The molecular weight excluding hydrogens is 523 g/mol. The number of nitrogens with zero attached hydrogens (tertiary/aromatic N) is 6. The first kappa shape index (κ1) is 27.1. The molecule has 0 unspecified atom stereocenters. The maximum Gasteiger partial charge on any atom is 0.225 e. The number of hydrogen-bond acceptors (Lipinski definition) is 8. The number of ether oxygens (including phenoxy) is 1. The molecule has 1 N–H and O–H groups in total. The van der Waals surface area contributed by atoms with Gasteiger partial charge in [-0.1, -0.05) is 23.2 Å². The number of anilines is 1. The van der Waals surface area contributed by atoms with E-state index >= 15 is 0 Å². The molecule has 8 nitrogen and oxygen atoms in total. The molecule has 0 spiro atoms. The second kappa shape index (κ2) is 12.6. The van der Waals surface area contributed by atoms with Crippen LogP contribution in [-0.2, 0) is 6.54 Å². The minimum Gasteiger partial charge on any atom is -0.436 e. The molecule has 0 bridgehead atoms. The zero-order valence-corrected chi connectivity index (χ0v) is 23.2. The molecule has 0 radical (unpaired) electrons. The van der Waals surface area contributed by atoms with E-state index in [1.807, 2.05) is 18.2 Å². The van der Waals surface area contributed by atoms with E-state index in [0.29, 0.717) is 33.5 Å². The molecule has 38 heavy (non-hydrogen) atoms. The summed E-state index contributed by atoms with van der Waals surface area (Å²) in [5.41, 5.74) is 2.67. The summed E-state index contributed by atoms with van der Waals surface area (Å²) in [6.07, 6.45) is 6.50. The average Bonchev–Trinajstić information content (AvgIpc) is 2.90. The number of halogens is 2. The van der Waals surface area contributed by atoms with Gasteiger partial charge in [0.05, 0.1) is 18.1 Å². The Morgan fingerprint density at radius 1 is 0.921 bits per heavy atom. The van der Waals surface area contributed by atoms with Crippen LogP contribution in [0.5, 0.6) is 11.6 Å². The Morgan fingerprint density at radius 2 is 1.61 bits per heavy atom. The van der Waals surface area contributed by atoms with E-state index in [2.05, 4.69) is 37.8 Å². The smallest absolute Gasteiger partial charge is 0.225 e. The van der Waals surface area contributed by atoms with Crippen molar-refractivity contribution in [3.63, 3.8) is 0 Å². The third-order valence-corrected chi connectivity index (χ3v) is 7.73. The summed E-state index contributed by atoms with van der Waals surface area (Å²) in [6, 6.07) is 9.48. The summed E-state index contributed by atoms with van der Waals surface area (Å²) in [7, 11) is 2.13. The summed E-state index contributed by atoms with van der Waals surface area (Å²) in [5.74, 6) is 2.32. The number of benzene rings is 1. The van der Waals surface area contributed by atoms with E-state index in [1.165, 1.54) is 0 Å². The van der Waals surface area contributed by atoms with Crippen LogP contribution in [0.1, 0.15) is 24.8 Å². The van der Waals surface area contributed by atoms with Crippen LogP contribution in [0.3, 0.4) is 0 Å². The molecule has 0 amide bonds.